The Morgan fingerprint density at radius 3 is 2.14 bits per heavy atom. The average molecular weight is 291 g/mol. The molecule has 1 heteroatoms. The lowest BCUT2D eigenvalue weighted by Crippen LogP contribution is -2.16. The van der Waals surface area contributed by atoms with Crippen LogP contribution in [0.3, 0.4) is 0 Å². The van der Waals surface area contributed by atoms with Gasteiger partial charge in [-0.3, -0.25) is 4.99 Å². The number of hydrogen-bond acceptors (Lipinski definition) is 1. The number of fused-ring (bicyclic) bond motifs is 1. The fourth-order valence-electron chi connectivity index (χ4n) is 3.32. The molecule has 0 spiro atoms. The fourth-order valence-corrected chi connectivity index (χ4v) is 3.32. The Kier molecular flexibility index (Phi) is 3.90. The van der Waals surface area contributed by atoms with Crippen molar-refractivity contribution in [2.24, 2.45) is 4.99 Å². The Morgan fingerprint density at radius 1 is 0.818 bits per heavy atom. The van der Waals surface area contributed by atoms with Gasteiger partial charge < -0.3 is 0 Å². The zero-order valence-electron chi connectivity index (χ0n) is 14.4. The maximum absolute atomic E-state index is 4.84. The molecule has 0 aliphatic carbocycles. The molecule has 3 rings (SSSR count). The molecule has 0 atom stereocenters. The molecule has 1 aliphatic rings. The third-order valence-electron chi connectivity index (χ3n) is 5.07. The largest absolute Gasteiger partial charge is 0.288 e. The summed E-state index contributed by atoms with van der Waals surface area (Å²) in [4.78, 5) is 4.84. The first-order valence-electron chi connectivity index (χ1n) is 8.16. The van der Waals surface area contributed by atoms with Crippen LogP contribution in [-0.4, -0.2) is 12.3 Å². The third-order valence-corrected chi connectivity index (χ3v) is 5.07. The highest BCUT2D eigenvalue weighted by Crippen LogP contribution is 2.24. The molecule has 2 aromatic carbocycles. The van der Waals surface area contributed by atoms with Crippen LogP contribution in [0, 0.1) is 34.6 Å². The fraction of sp³-hybridized carbons (Fsp3) is 0.381. The highest BCUT2D eigenvalue weighted by Gasteiger charge is 2.16. The summed E-state index contributed by atoms with van der Waals surface area (Å²) in [7, 11) is 0. The number of nitrogens with zero attached hydrogens (tertiary/aromatic N) is 1. The standard InChI is InChI=1S/C21H25N/c1-13-10-19-6-7-22-21(20(19)11-14(13)2)12-18-8-15(3)17(5)16(4)9-18/h8-11H,6-7,12H2,1-5H3. The molecule has 0 saturated carbocycles. The average Bonchev–Trinajstić information content (AvgIpc) is 2.47. The minimum Gasteiger partial charge on any atom is -0.288 e. The summed E-state index contributed by atoms with van der Waals surface area (Å²) in [5.74, 6) is 0. The van der Waals surface area contributed by atoms with Gasteiger partial charge in [0.1, 0.15) is 0 Å². The van der Waals surface area contributed by atoms with E-state index in [1.807, 2.05) is 0 Å². The quantitative estimate of drug-likeness (QED) is 0.752. The number of aliphatic imine (C=N–C) groups is 1. The van der Waals surface area contributed by atoms with Crippen molar-refractivity contribution >= 4 is 5.71 Å². The number of rotatable bonds is 2. The molecular formula is C21H25N. The summed E-state index contributed by atoms with van der Waals surface area (Å²) >= 11 is 0. The lowest BCUT2D eigenvalue weighted by atomic mass is 9.89. The van der Waals surface area contributed by atoms with Gasteiger partial charge in [0, 0.05) is 18.7 Å². The Morgan fingerprint density at radius 2 is 1.45 bits per heavy atom. The van der Waals surface area contributed by atoms with Crippen molar-refractivity contribution < 1.29 is 0 Å². The maximum atomic E-state index is 4.84. The van der Waals surface area contributed by atoms with Gasteiger partial charge in [0.25, 0.3) is 0 Å². The predicted octanol–water partition coefficient (Wildman–Crippen LogP) is 4.82. The van der Waals surface area contributed by atoms with E-state index in [0.29, 0.717) is 0 Å². The van der Waals surface area contributed by atoms with Crippen LogP contribution < -0.4 is 0 Å². The summed E-state index contributed by atoms with van der Waals surface area (Å²) in [5.41, 5.74) is 12.4. The molecule has 0 N–H and O–H groups in total. The van der Waals surface area contributed by atoms with Crippen molar-refractivity contribution in [2.45, 2.75) is 47.5 Å². The second-order valence-electron chi connectivity index (χ2n) is 6.70. The van der Waals surface area contributed by atoms with E-state index >= 15 is 0 Å². The summed E-state index contributed by atoms with van der Waals surface area (Å²) < 4.78 is 0. The van der Waals surface area contributed by atoms with E-state index < -0.39 is 0 Å². The molecule has 114 valence electrons. The van der Waals surface area contributed by atoms with Crippen LogP contribution in [0.1, 0.15) is 44.5 Å². The topological polar surface area (TPSA) is 12.4 Å². The van der Waals surface area contributed by atoms with Crippen molar-refractivity contribution in [3.8, 4) is 0 Å². The number of benzene rings is 2. The molecule has 0 bridgehead atoms. The van der Waals surface area contributed by atoms with Gasteiger partial charge in [0.2, 0.25) is 0 Å². The number of hydrogen-bond donors (Lipinski definition) is 0. The Hall–Kier alpha value is -1.89. The van der Waals surface area contributed by atoms with Crippen molar-refractivity contribution in [3.05, 3.63) is 68.8 Å². The van der Waals surface area contributed by atoms with Crippen molar-refractivity contribution in [1.29, 1.82) is 0 Å². The Balaban J connectivity index is 1.98. The van der Waals surface area contributed by atoms with Crippen LogP contribution >= 0.6 is 0 Å². The zero-order chi connectivity index (χ0) is 15.9. The SMILES string of the molecule is Cc1cc2c(cc1C)C(Cc1cc(C)c(C)c(C)c1)=NCC2. The molecule has 0 unspecified atom stereocenters. The molecule has 1 heterocycles. The van der Waals surface area contributed by atoms with Gasteiger partial charge in [-0.15, -0.1) is 0 Å². The molecule has 0 saturated heterocycles. The molecule has 0 radical (unpaired) electrons. The van der Waals surface area contributed by atoms with Crippen LogP contribution in [0.25, 0.3) is 0 Å². The smallest absolute Gasteiger partial charge is 0.0467 e. The van der Waals surface area contributed by atoms with E-state index in [0.717, 1.165) is 19.4 Å². The number of aryl methyl sites for hydroxylation is 4. The summed E-state index contributed by atoms with van der Waals surface area (Å²) in [6.45, 7) is 11.9. The monoisotopic (exact) mass is 291 g/mol. The van der Waals surface area contributed by atoms with Crippen LogP contribution in [0.2, 0.25) is 0 Å². The van der Waals surface area contributed by atoms with Gasteiger partial charge >= 0.3 is 0 Å². The van der Waals surface area contributed by atoms with E-state index in [2.05, 4.69) is 58.9 Å². The highest BCUT2D eigenvalue weighted by molar-refractivity contribution is 6.04. The minimum absolute atomic E-state index is 0.925. The minimum atomic E-state index is 0.925. The van der Waals surface area contributed by atoms with E-state index in [4.69, 9.17) is 4.99 Å². The lowest BCUT2D eigenvalue weighted by Gasteiger charge is -2.20. The third kappa shape index (κ3) is 2.72. The van der Waals surface area contributed by atoms with Gasteiger partial charge in [0.15, 0.2) is 0 Å². The molecule has 0 fully saturated rings. The molecule has 22 heavy (non-hydrogen) atoms. The summed E-state index contributed by atoms with van der Waals surface area (Å²) in [6, 6.07) is 9.32. The highest BCUT2D eigenvalue weighted by atomic mass is 14.7. The maximum Gasteiger partial charge on any atom is 0.0467 e. The van der Waals surface area contributed by atoms with Crippen LogP contribution in [0.5, 0.6) is 0 Å². The normalized spacial score (nSPS) is 13.8. The van der Waals surface area contributed by atoms with E-state index in [9.17, 15) is 0 Å². The molecule has 2 aromatic rings. The Labute approximate surface area is 134 Å². The molecule has 1 nitrogen and oxygen atoms in total. The summed E-state index contributed by atoms with van der Waals surface area (Å²) in [5, 5.41) is 0. The summed E-state index contributed by atoms with van der Waals surface area (Å²) in [6.07, 6.45) is 2.02. The van der Waals surface area contributed by atoms with Gasteiger partial charge in [0.05, 0.1) is 0 Å². The van der Waals surface area contributed by atoms with Crippen molar-refractivity contribution in [1.82, 2.24) is 0 Å². The zero-order valence-corrected chi connectivity index (χ0v) is 14.4. The molecular weight excluding hydrogens is 266 g/mol. The van der Waals surface area contributed by atoms with Crippen LogP contribution in [-0.2, 0) is 12.8 Å². The van der Waals surface area contributed by atoms with Gasteiger partial charge in [-0.1, -0.05) is 18.2 Å². The van der Waals surface area contributed by atoms with Crippen LogP contribution in [0.4, 0.5) is 0 Å². The first kappa shape index (κ1) is 15.0. The van der Waals surface area contributed by atoms with Gasteiger partial charge in [-0.05, 0) is 91.6 Å². The first-order valence-corrected chi connectivity index (χ1v) is 8.16. The second-order valence-corrected chi connectivity index (χ2v) is 6.70. The van der Waals surface area contributed by atoms with Crippen molar-refractivity contribution in [2.75, 3.05) is 6.54 Å². The molecule has 0 aromatic heterocycles. The lowest BCUT2D eigenvalue weighted by molar-refractivity contribution is 0.929. The molecule has 1 aliphatic heterocycles. The van der Waals surface area contributed by atoms with Crippen molar-refractivity contribution in [3.63, 3.8) is 0 Å². The van der Waals surface area contributed by atoms with Gasteiger partial charge in [-0.25, -0.2) is 0 Å². The Bertz CT molecular complexity index is 743. The van der Waals surface area contributed by atoms with E-state index in [1.165, 1.54) is 50.2 Å². The van der Waals surface area contributed by atoms with Gasteiger partial charge in [-0.2, -0.15) is 0 Å². The van der Waals surface area contributed by atoms with E-state index in [1.54, 1.807) is 0 Å². The van der Waals surface area contributed by atoms with E-state index in [-0.39, 0.29) is 0 Å². The second kappa shape index (κ2) is 5.72. The first-order chi connectivity index (χ1) is 10.5. The predicted molar refractivity (Wildman–Crippen MR) is 95.4 cm³/mol. The van der Waals surface area contributed by atoms with Crippen LogP contribution in [0.15, 0.2) is 29.3 Å². The molecule has 0 amide bonds.